The average molecular weight is 645 g/mol. The molecule has 0 aromatic carbocycles. The molecule has 13 atom stereocenters. The van der Waals surface area contributed by atoms with E-state index in [1.54, 1.807) is 0 Å². The summed E-state index contributed by atoms with van der Waals surface area (Å²) in [6, 6.07) is 0. The molecule has 262 valence electrons. The lowest BCUT2D eigenvalue weighted by Crippen LogP contribution is -2.60. The summed E-state index contributed by atoms with van der Waals surface area (Å²) < 4.78 is 19.4. The number of ether oxygens (including phenoxy) is 3. The number of aliphatic hydroxyl groups excluding tert-OH is 1. The SMILES string of the molecule is CCO[C@@H]([C@H]1C[C@@H](C)[C@H]2[C@H](O1)[C@H](O)[C@@]1(C)[C@@H]3CC[C@H]4C(C)(C)[C@@H](OC(=O)N5CCN(C)CC5)CC[C@@]45C[C@@]35CC[C@]21C)C(C)(C)O. The number of rotatable bonds is 5. The lowest BCUT2D eigenvalue weighted by atomic mass is 9.41. The molecule has 8 nitrogen and oxygen atoms in total. The van der Waals surface area contributed by atoms with Crippen molar-refractivity contribution >= 4 is 6.09 Å². The number of hydrogen-bond acceptors (Lipinski definition) is 7. The number of nitrogens with zero attached hydrogens (tertiary/aromatic N) is 2. The number of piperazine rings is 1. The number of hydrogen-bond donors (Lipinski definition) is 2. The fourth-order valence-electron chi connectivity index (χ4n) is 13.8. The maximum atomic E-state index is 13.3. The Labute approximate surface area is 278 Å². The summed E-state index contributed by atoms with van der Waals surface area (Å²) in [5.74, 6) is 1.65. The quantitative estimate of drug-likeness (QED) is 0.395. The summed E-state index contributed by atoms with van der Waals surface area (Å²) in [4.78, 5) is 17.5. The molecule has 2 aliphatic heterocycles. The van der Waals surface area contributed by atoms with Gasteiger partial charge < -0.3 is 34.2 Å². The molecule has 46 heavy (non-hydrogen) atoms. The first-order chi connectivity index (χ1) is 21.5. The summed E-state index contributed by atoms with van der Waals surface area (Å²) in [7, 11) is 2.11. The number of amides is 1. The molecule has 5 aliphatic carbocycles. The van der Waals surface area contributed by atoms with Gasteiger partial charge in [0.2, 0.25) is 0 Å². The Bertz CT molecular complexity index is 1200. The van der Waals surface area contributed by atoms with Crippen molar-refractivity contribution in [1.82, 2.24) is 9.80 Å². The maximum absolute atomic E-state index is 13.3. The van der Waals surface area contributed by atoms with Crippen molar-refractivity contribution in [3.8, 4) is 0 Å². The maximum Gasteiger partial charge on any atom is 0.410 e. The van der Waals surface area contributed by atoms with Crippen LogP contribution in [0.15, 0.2) is 0 Å². The van der Waals surface area contributed by atoms with E-state index in [1.807, 2.05) is 25.7 Å². The van der Waals surface area contributed by atoms with E-state index in [9.17, 15) is 15.0 Å². The number of carbonyl (C=O) groups excluding carboxylic acids is 1. The van der Waals surface area contributed by atoms with E-state index in [1.165, 1.54) is 12.8 Å². The van der Waals surface area contributed by atoms with Crippen LogP contribution in [0.4, 0.5) is 4.79 Å². The van der Waals surface area contributed by atoms with Gasteiger partial charge in [0.25, 0.3) is 0 Å². The predicted molar refractivity (Wildman–Crippen MR) is 177 cm³/mol. The second-order valence-electron chi connectivity index (χ2n) is 18.7. The minimum Gasteiger partial charge on any atom is -0.446 e. The Kier molecular flexibility index (Phi) is 7.87. The van der Waals surface area contributed by atoms with E-state index in [0.717, 1.165) is 64.7 Å². The van der Waals surface area contributed by atoms with E-state index in [4.69, 9.17) is 14.2 Å². The van der Waals surface area contributed by atoms with Crippen LogP contribution in [-0.2, 0) is 14.2 Å². The van der Waals surface area contributed by atoms with Gasteiger partial charge in [0.05, 0.1) is 23.9 Å². The van der Waals surface area contributed by atoms with Gasteiger partial charge in [-0.3, -0.25) is 0 Å². The molecular formula is C38H64N2O6. The van der Waals surface area contributed by atoms with E-state index in [0.29, 0.717) is 30.3 Å². The molecule has 0 radical (unpaired) electrons. The third-order valence-corrected chi connectivity index (χ3v) is 16.2. The highest BCUT2D eigenvalue weighted by atomic mass is 16.6. The van der Waals surface area contributed by atoms with Crippen molar-refractivity contribution in [2.45, 2.75) is 143 Å². The van der Waals surface area contributed by atoms with Crippen molar-refractivity contribution in [1.29, 1.82) is 0 Å². The highest BCUT2D eigenvalue weighted by Crippen LogP contribution is 2.89. The van der Waals surface area contributed by atoms with Gasteiger partial charge in [-0.25, -0.2) is 4.79 Å². The van der Waals surface area contributed by atoms with E-state index in [-0.39, 0.29) is 51.5 Å². The van der Waals surface area contributed by atoms with Gasteiger partial charge in [0, 0.05) is 43.6 Å². The molecule has 1 amide bonds. The molecule has 7 fully saturated rings. The van der Waals surface area contributed by atoms with Gasteiger partial charge in [0.1, 0.15) is 12.2 Å². The van der Waals surface area contributed by atoms with Gasteiger partial charge in [-0.05, 0) is 119 Å². The van der Waals surface area contributed by atoms with Crippen LogP contribution in [0.2, 0.25) is 0 Å². The Balaban J connectivity index is 1.13. The first-order valence-electron chi connectivity index (χ1n) is 18.8. The first kappa shape index (κ1) is 33.6. The molecular weight excluding hydrogens is 580 g/mol. The van der Waals surface area contributed by atoms with Crippen LogP contribution in [0.25, 0.3) is 0 Å². The van der Waals surface area contributed by atoms with Gasteiger partial charge in [-0.1, -0.05) is 34.6 Å². The van der Waals surface area contributed by atoms with Crippen LogP contribution in [0.1, 0.15) is 107 Å². The molecule has 2 N–H and O–H groups in total. The van der Waals surface area contributed by atoms with Crippen molar-refractivity contribution in [2.24, 2.45) is 50.7 Å². The highest BCUT2D eigenvalue weighted by molar-refractivity contribution is 5.68. The molecule has 2 heterocycles. The fourth-order valence-corrected chi connectivity index (χ4v) is 13.8. The van der Waals surface area contributed by atoms with Crippen molar-refractivity contribution in [2.75, 3.05) is 39.8 Å². The molecule has 2 spiro atoms. The Morgan fingerprint density at radius 2 is 1.65 bits per heavy atom. The summed E-state index contributed by atoms with van der Waals surface area (Å²) in [5.41, 5.74) is -0.798. The van der Waals surface area contributed by atoms with Crippen molar-refractivity contribution in [3.63, 3.8) is 0 Å². The van der Waals surface area contributed by atoms with Gasteiger partial charge in [0.15, 0.2) is 0 Å². The van der Waals surface area contributed by atoms with Crippen LogP contribution in [0.5, 0.6) is 0 Å². The summed E-state index contributed by atoms with van der Waals surface area (Å²) in [6.07, 6.45) is 7.20. The number of carbonyl (C=O) groups is 1. The molecule has 7 aliphatic rings. The average Bonchev–Trinajstić information content (AvgIpc) is 3.61. The van der Waals surface area contributed by atoms with Gasteiger partial charge in [-0.15, -0.1) is 0 Å². The van der Waals surface area contributed by atoms with Crippen LogP contribution in [0.3, 0.4) is 0 Å². The Morgan fingerprint density at radius 3 is 2.30 bits per heavy atom. The van der Waals surface area contributed by atoms with Crippen LogP contribution >= 0.6 is 0 Å². The minimum absolute atomic E-state index is 0.00535. The summed E-state index contributed by atoms with van der Waals surface area (Å²) in [5, 5.41) is 23.6. The molecule has 0 aromatic heterocycles. The number of fused-ring (bicyclic) bond motifs is 4. The Hall–Kier alpha value is -0.930. The van der Waals surface area contributed by atoms with E-state index >= 15 is 0 Å². The normalized spacial score (nSPS) is 50.4. The van der Waals surface area contributed by atoms with Gasteiger partial charge >= 0.3 is 6.09 Å². The van der Waals surface area contributed by atoms with Crippen molar-refractivity contribution < 1.29 is 29.2 Å². The van der Waals surface area contributed by atoms with Crippen LogP contribution < -0.4 is 0 Å². The zero-order chi connectivity index (χ0) is 33.2. The molecule has 7 rings (SSSR count). The lowest BCUT2D eigenvalue weighted by molar-refractivity contribution is -0.215. The number of aliphatic hydroxyl groups is 2. The van der Waals surface area contributed by atoms with E-state index < -0.39 is 17.8 Å². The number of likely N-dealkylation sites (N-methyl/N-ethyl adjacent to an activating group) is 1. The largest absolute Gasteiger partial charge is 0.446 e. The minimum atomic E-state index is -1.02. The molecule has 0 bridgehead atoms. The molecule has 5 saturated carbocycles. The van der Waals surface area contributed by atoms with E-state index in [2.05, 4.69) is 46.6 Å². The second kappa shape index (κ2) is 10.8. The molecule has 0 aromatic rings. The van der Waals surface area contributed by atoms with Gasteiger partial charge in [-0.2, -0.15) is 0 Å². The smallest absolute Gasteiger partial charge is 0.410 e. The first-order valence-corrected chi connectivity index (χ1v) is 18.8. The predicted octanol–water partition coefficient (Wildman–Crippen LogP) is 5.73. The third-order valence-electron chi connectivity index (χ3n) is 16.2. The molecule has 0 unspecified atom stereocenters. The Morgan fingerprint density at radius 1 is 1.00 bits per heavy atom. The lowest BCUT2D eigenvalue weighted by Gasteiger charge is -2.63. The summed E-state index contributed by atoms with van der Waals surface area (Å²) >= 11 is 0. The topological polar surface area (TPSA) is 91.7 Å². The fraction of sp³-hybridized carbons (Fsp3) is 0.974. The molecule has 2 saturated heterocycles. The van der Waals surface area contributed by atoms with Crippen LogP contribution in [0, 0.1) is 50.7 Å². The van der Waals surface area contributed by atoms with Crippen LogP contribution in [-0.4, -0.2) is 102 Å². The zero-order valence-electron chi connectivity index (χ0n) is 30.3. The standard InChI is InChI=1S/C38H64N2O6/c1-10-44-31(34(5,6)43)24-21-23(2)28-29(45-24)30(41)36(8)26-12-11-25-33(3,4)27(46-32(42)40-19-17-39(9)18-20-40)13-14-37(25)22-38(26,37)16-15-35(28,36)7/h23-31,41,43H,10-22H2,1-9H3/t23-,24-,25+,26+,27+,28+,29+,30+,31+,35-,36-,37-,38+/m1/s1. The summed E-state index contributed by atoms with van der Waals surface area (Å²) in [6.45, 7) is 21.5. The molecule has 8 heteroatoms. The van der Waals surface area contributed by atoms with Crippen molar-refractivity contribution in [3.05, 3.63) is 0 Å². The highest BCUT2D eigenvalue weighted by Gasteiger charge is 2.84. The zero-order valence-corrected chi connectivity index (χ0v) is 30.3. The monoisotopic (exact) mass is 644 g/mol. The second-order valence-corrected chi connectivity index (χ2v) is 18.7. The third kappa shape index (κ3) is 4.37.